The number of carbonyl (C=O) groups excluding carboxylic acids is 4. The zero-order valence-corrected chi connectivity index (χ0v) is 15.3. The van der Waals surface area contributed by atoms with Crippen molar-refractivity contribution < 1.29 is 23.9 Å². The lowest BCUT2D eigenvalue weighted by Crippen LogP contribution is -2.45. The molecule has 2 rings (SSSR count). The Hall–Kier alpha value is -3.68. The van der Waals surface area contributed by atoms with E-state index in [0.717, 1.165) is 5.56 Å². The summed E-state index contributed by atoms with van der Waals surface area (Å²) in [6, 6.07) is 13.9. The Morgan fingerprint density at radius 3 is 2.21 bits per heavy atom. The summed E-state index contributed by atoms with van der Waals surface area (Å²) in [4.78, 5) is 46.9. The van der Waals surface area contributed by atoms with Crippen molar-refractivity contribution in [3.63, 3.8) is 0 Å². The van der Waals surface area contributed by atoms with Crippen LogP contribution >= 0.6 is 0 Å². The van der Waals surface area contributed by atoms with Gasteiger partial charge in [-0.3, -0.25) is 19.2 Å². The molecule has 0 unspecified atom stereocenters. The van der Waals surface area contributed by atoms with E-state index in [1.807, 2.05) is 18.2 Å². The first-order valence-corrected chi connectivity index (χ1v) is 8.52. The van der Waals surface area contributed by atoms with Gasteiger partial charge in [0.2, 0.25) is 11.8 Å². The summed E-state index contributed by atoms with van der Waals surface area (Å²) in [5.41, 5.74) is 6.87. The van der Waals surface area contributed by atoms with Crippen molar-refractivity contribution in [2.24, 2.45) is 5.73 Å². The second-order valence-electron chi connectivity index (χ2n) is 6.04. The van der Waals surface area contributed by atoms with Crippen LogP contribution in [0, 0.1) is 0 Å². The van der Waals surface area contributed by atoms with Gasteiger partial charge in [0.25, 0.3) is 5.91 Å². The highest BCUT2D eigenvalue weighted by Gasteiger charge is 2.23. The molecular weight excluding hydrogens is 362 g/mol. The molecule has 0 spiro atoms. The molecule has 0 fully saturated rings. The van der Waals surface area contributed by atoms with Crippen LogP contribution in [0.5, 0.6) is 0 Å². The summed E-state index contributed by atoms with van der Waals surface area (Å²) in [5, 5.41) is 5.00. The van der Waals surface area contributed by atoms with Crippen LogP contribution in [0.1, 0.15) is 29.3 Å². The Labute approximate surface area is 162 Å². The Morgan fingerprint density at radius 2 is 1.64 bits per heavy atom. The number of carbonyl (C=O) groups is 4. The number of benzene rings is 2. The van der Waals surface area contributed by atoms with Crippen molar-refractivity contribution in [1.82, 2.24) is 5.32 Å². The first kappa shape index (κ1) is 20.6. The molecule has 0 aliphatic heterocycles. The van der Waals surface area contributed by atoms with Crippen molar-refractivity contribution in [1.29, 1.82) is 0 Å². The molecule has 0 saturated carbocycles. The summed E-state index contributed by atoms with van der Waals surface area (Å²) in [5.74, 6) is -2.32. The van der Waals surface area contributed by atoms with Crippen molar-refractivity contribution in [2.75, 3.05) is 5.32 Å². The summed E-state index contributed by atoms with van der Waals surface area (Å²) < 4.78 is 5.11. The SMILES string of the molecule is CC(=O)Nc1ccc(C(=O)N[C@@H](CC(=O)OCc2ccccc2)C(N)=O)cc1. The summed E-state index contributed by atoms with van der Waals surface area (Å²) in [7, 11) is 0. The van der Waals surface area contributed by atoms with Crippen LogP contribution in [-0.2, 0) is 25.7 Å². The van der Waals surface area contributed by atoms with E-state index in [9.17, 15) is 19.2 Å². The van der Waals surface area contributed by atoms with Gasteiger partial charge >= 0.3 is 5.97 Å². The molecule has 0 aliphatic carbocycles. The van der Waals surface area contributed by atoms with Crippen LogP contribution < -0.4 is 16.4 Å². The Kier molecular flexibility index (Phi) is 7.27. The number of rotatable bonds is 8. The van der Waals surface area contributed by atoms with E-state index in [1.165, 1.54) is 19.1 Å². The fraction of sp³-hybridized carbons (Fsp3) is 0.200. The Balaban J connectivity index is 1.92. The van der Waals surface area contributed by atoms with E-state index in [0.29, 0.717) is 5.69 Å². The van der Waals surface area contributed by atoms with Gasteiger partial charge in [-0.15, -0.1) is 0 Å². The van der Waals surface area contributed by atoms with Crippen LogP contribution in [0.2, 0.25) is 0 Å². The Bertz CT molecular complexity index is 850. The molecule has 28 heavy (non-hydrogen) atoms. The average molecular weight is 383 g/mol. The van der Waals surface area contributed by atoms with Gasteiger partial charge in [0.15, 0.2) is 0 Å². The lowest BCUT2D eigenvalue weighted by molar-refractivity contribution is -0.146. The average Bonchev–Trinajstić information content (AvgIpc) is 2.66. The third-order valence-electron chi connectivity index (χ3n) is 3.73. The van der Waals surface area contributed by atoms with Crippen LogP contribution in [0.3, 0.4) is 0 Å². The molecule has 0 aliphatic rings. The minimum Gasteiger partial charge on any atom is -0.461 e. The molecule has 8 nitrogen and oxygen atoms in total. The number of nitrogens with one attached hydrogen (secondary N) is 2. The largest absolute Gasteiger partial charge is 0.461 e. The number of hydrogen-bond donors (Lipinski definition) is 3. The smallest absolute Gasteiger partial charge is 0.308 e. The van der Waals surface area contributed by atoms with Crippen LogP contribution in [0.15, 0.2) is 54.6 Å². The zero-order valence-electron chi connectivity index (χ0n) is 15.3. The number of ether oxygens (including phenoxy) is 1. The number of hydrogen-bond acceptors (Lipinski definition) is 5. The van der Waals surface area contributed by atoms with E-state index >= 15 is 0 Å². The second kappa shape index (κ2) is 9.86. The van der Waals surface area contributed by atoms with Gasteiger partial charge in [0, 0.05) is 18.2 Å². The highest BCUT2D eigenvalue weighted by molar-refractivity contribution is 5.99. The van der Waals surface area contributed by atoms with Crippen LogP contribution in [-0.4, -0.2) is 29.7 Å². The molecular formula is C20H21N3O5. The van der Waals surface area contributed by atoms with Gasteiger partial charge in [-0.25, -0.2) is 0 Å². The minimum atomic E-state index is -1.20. The maximum Gasteiger partial charge on any atom is 0.308 e. The monoisotopic (exact) mass is 383 g/mol. The topological polar surface area (TPSA) is 128 Å². The molecule has 4 N–H and O–H groups in total. The van der Waals surface area contributed by atoms with E-state index in [2.05, 4.69) is 10.6 Å². The van der Waals surface area contributed by atoms with Gasteiger partial charge in [-0.05, 0) is 29.8 Å². The Morgan fingerprint density at radius 1 is 1.00 bits per heavy atom. The van der Waals surface area contributed by atoms with Crippen molar-refractivity contribution in [3.8, 4) is 0 Å². The number of esters is 1. The summed E-state index contributed by atoms with van der Waals surface area (Å²) >= 11 is 0. The molecule has 1 atom stereocenters. The molecule has 0 bridgehead atoms. The molecule has 0 aromatic heterocycles. The van der Waals surface area contributed by atoms with Gasteiger partial charge in [-0.2, -0.15) is 0 Å². The van der Waals surface area contributed by atoms with E-state index in [1.54, 1.807) is 24.3 Å². The van der Waals surface area contributed by atoms with Gasteiger partial charge in [0.1, 0.15) is 12.6 Å². The minimum absolute atomic E-state index is 0.0592. The molecule has 146 valence electrons. The normalized spacial score (nSPS) is 11.2. The highest BCUT2D eigenvalue weighted by atomic mass is 16.5. The van der Waals surface area contributed by atoms with Crippen LogP contribution in [0.4, 0.5) is 5.69 Å². The van der Waals surface area contributed by atoms with Gasteiger partial charge < -0.3 is 21.1 Å². The summed E-state index contributed by atoms with van der Waals surface area (Å²) in [6.07, 6.45) is -0.377. The predicted octanol–water partition coefficient (Wildman–Crippen LogP) is 1.36. The van der Waals surface area contributed by atoms with E-state index in [-0.39, 0.29) is 24.5 Å². The molecule has 0 saturated heterocycles. The standard InChI is InChI=1S/C20H21N3O5/c1-13(24)22-16-9-7-15(8-10-16)20(27)23-17(19(21)26)11-18(25)28-12-14-5-3-2-4-6-14/h2-10,17H,11-12H2,1H3,(H2,21,26)(H,22,24)(H,23,27)/t17-/m0/s1. The molecule has 8 heteroatoms. The van der Waals surface area contributed by atoms with Crippen molar-refractivity contribution in [3.05, 3.63) is 65.7 Å². The lowest BCUT2D eigenvalue weighted by Gasteiger charge is -2.15. The first-order valence-electron chi connectivity index (χ1n) is 8.52. The van der Waals surface area contributed by atoms with Crippen molar-refractivity contribution in [2.45, 2.75) is 26.0 Å². The molecule has 2 aromatic rings. The van der Waals surface area contributed by atoms with Gasteiger partial charge in [-0.1, -0.05) is 30.3 Å². The number of amides is 3. The number of anilines is 1. The maximum atomic E-state index is 12.3. The molecule has 0 heterocycles. The second-order valence-corrected chi connectivity index (χ2v) is 6.04. The number of nitrogens with two attached hydrogens (primary N) is 1. The summed E-state index contributed by atoms with van der Waals surface area (Å²) in [6.45, 7) is 1.43. The predicted molar refractivity (Wildman–Crippen MR) is 102 cm³/mol. The first-order chi connectivity index (χ1) is 13.3. The van der Waals surface area contributed by atoms with Crippen LogP contribution in [0.25, 0.3) is 0 Å². The zero-order chi connectivity index (χ0) is 20.5. The molecule has 0 radical (unpaired) electrons. The fourth-order valence-corrected chi connectivity index (χ4v) is 2.34. The lowest BCUT2D eigenvalue weighted by atomic mass is 10.1. The fourth-order valence-electron chi connectivity index (χ4n) is 2.34. The molecule has 3 amide bonds. The third kappa shape index (κ3) is 6.56. The number of primary amides is 1. The van der Waals surface area contributed by atoms with E-state index < -0.39 is 23.8 Å². The third-order valence-corrected chi connectivity index (χ3v) is 3.73. The maximum absolute atomic E-state index is 12.3. The molecule has 2 aromatic carbocycles. The quantitative estimate of drug-likeness (QED) is 0.593. The van der Waals surface area contributed by atoms with Crippen molar-refractivity contribution >= 4 is 29.4 Å². The van der Waals surface area contributed by atoms with E-state index in [4.69, 9.17) is 10.5 Å². The van der Waals surface area contributed by atoms with Gasteiger partial charge in [0.05, 0.1) is 6.42 Å². The highest BCUT2D eigenvalue weighted by Crippen LogP contribution is 2.10.